The van der Waals surface area contributed by atoms with Gasteiger partial charge in [0.15, 0.2) is 0 Å². The lowest BCUT2D eigenvalue weighted by Crippen LogP contribution is -2.27. The van der Waals surface area contributed by atoms with Crippen molar-refractivity contribution in [1.82, 2.24) is 10.3 Å². The van der Waals surface area contributed by atoms with Crippen LogP contribution in [0.25, 0.3) is 0 Å². The maximum Gasteiger partial charge on any atom is 0.220 e. The third-order valence-corrected chi connectivity index (χ3v) is 4.51. The van der Waals surface area contributed by atoms with E-state index in [1.165, 1.54) is 11.1 Å². The quantitative estimate of drug-likeness (QED) is 0.312. The first-order valence-electron chi connectivity index (χ1n) is 10.2. The van der Waals surface area contributed by atoms with Crippen molar-refractivity contribution in [2.24, 2.45) is 10.3 Å². The van der Waals surface area contributed by atoms with Crippen LogP contribution in [0.15, 0.2) is 58.4 Å². The lowest BCUT2D eigenvalue weighted by molar-refractivity contribution is -0.121. The van der Waals surface area contributed by atoms with Crippen LogP contribution in [-0.4, -0.2) is 43.8 Å². The van der Waals surface area contributed by atoms with Crippen LogP contribution in [0.1, 0.15) is 38.7 Å². The minimum absolute atomic E-state index is 0.0771. The second-order valence-corrected chi connectivity index (χ2v) is 6.67. The van der Waals surface area contributed by atoms with Crippen LogP contribution in [0.2, 0.25) is 0 Å². The van der Waals surface area contributed by atoms with Crippen molar-refractivity contribution in [1.29, 1.82) is 0 Å². The number of rotatable bonds is 13. The second-order valence-electron chi connectivity index (χ2n) is 6.67. The largest absolute Gasteiger partial charge is 0.375 e. The predicted molar refractivity (Wildman–Crippen MR) is 112 cm³/mol. The van der Waals surface area contributed by atoms with E-state index in [2.05, 4.69) is 59.9 Å². The maximum absolute atomic E-state index is 11.9. The highest BCUT2D eigenvalue weighted by molar-refractivity contribution is 5.75. The molecule has 28 heavy (non-hydrogen) atoms. The fraction of sp³-hybridized carbons (Fsp3) is 0.500. The molecule has 1 N–H and O–H groups in total. The zero-order valence-corrected chi connectivity index (χ0v) is 17.1. The van der Waals surface area contributed by atoms with Crippen LogP contribution in [0.5, 0.6) is 0 Å². The van der Waals surface area contributed by atoms with E-state index in [0.717, 1.165) is 38.0 Å². The third-order valence-electron chi connectivity index (χ3n) is 4.51. The number of benzene rings is 1. The molecular weight excluding hydrogens is 352 g/mol. The maximum atomic E-state index is 11.9. The SMILES string of the molecule is CCN(CC)N=Nc1ccc(CCCC(=O)NCCOCC2=CCC=C2)cc1. The van der Waals surface area contributed by atoms with Crippen molar-refractivity contribution >= 4 is 11.6 Å². The lowest BCUT2D eigenvalue weighted by atomic mass is 10.1. The van der Waals surface area contributed by atoms with Gasteiger partial charge in [-0.3, -0.25) is 9.80 Å². The third kappa shape index (κ3) is 8.48. The van der Waals surface area contributed by atoms with Crippen molar-refractivity contribution in [2.45, 2.75) is 39.5 Å². The van der Waals surface area contributed by atoms with Gasteiger partial charge in [0.1, 0.15) is 0 Å². The van der Waals surface area contributed by atoms with Crippen molar-refractivity contribution in [3.8, 4) is 0 Å². The van der Waals surface area contributed by atoms with Crippen LogP contribution >= 0.6 is 0 Å². The molecule has 1 aliphatic rings. The van der Waals surface area contributed by atoms with Crippen LogP contribution in [-0.2, 0) is 16.0 Å². The molecule has 2 rings (SSSR count). The predicted octanol–water partition coefficient (Wildman–Crippen LogP) is 4.37. The molecule has 6 heteroatoms. The number of carbonyl (C=O) groups is 1. The van der Waals surface area contributed by atoms with Gasteiger partial charge in [-0.1, -0.05) is 35.6 Å². The molecule has 0 spiro atoms. The number of hydrogen-bond acceptors (Lipinski definition) is 4. The number of allylic oxidation sites excluding steroid dienone is 2. The van der Waals surface area contributed by atoms with Crippen molar-refractivity contribution in [3.05, 3.63) is 53.6 Å². The first kappa shape index (κ1) is 21.8. The van der Waals surface area contributed by atoms with Crippen LogP contribution in [0, 0.1) is 0 Å². The summed E-state index contributed by atoms with van der Waals surface area (Å²) in [7, 11) is 0. The topological polar surface area (TPSA) is 66.3 Å². The normalized spacial score (nSPS) is 13.1. The molecule has 6 nitrogen and oxygen atoms in total. The smallest absolute Gasteiger partial charge is 0.220 e. The molecule has 0 saturated carbocycles. The number of amides is 1. The van der Waals surface area contributed by atoms with Crippen LogP contribution < -0.4 is 5.32 Å². The van der Waals surface area contributed by atoms with E-state index in [1.807, 2.05) is 17.1 Å². The molecule has 0 atom stereocenters. The molecule has 0 bridgehead atoms. The molecule has 0 fully saturated rings. The summed E-state index contributed by atoms with van der Waals surface area (Å²) < 4.78 is 5.55. The molecule has 0 unspecified atom stereocenters. The molecule has 0 radical (unpaired) electrons. The van der Waals surface area contributed by atoms with Crippen LogP contribution in [0.3, 0.4) is 0 Å². The summed E-state index contributed by atoms with van der Waals surface area (Å²) in [4.78, 5) is 11.9. The average Bonchev–Trinajstić information content (AvgIpc) is 3.23. The summed E-state index contributed by atoms with van der Waals surface area (Å²) in [5.41, 5.74) is 3.26. The van der Waals surface area contributed by atoms with Crippen molar-refractivity contribution in [3.63, 3.8) is 0 Å². The molecule has 0 heterocycles. The molecule has 0 aromatic heterocycles. The Morgan fingerprint density at radius 2 is 2.00 bits per heavy atom. The average molecular weight is 385 g/mol. The van der Waals surface area contributed by atoms with Gasteiger partial charge in [0, 0.05) is 26.1 Å². The minimum atomic E-state index is 0.0771. The number of ether oxygens (including phenoxy) is 1. The first-order valence-corrected chi connectivity index (χ1v) is 10.2. The molecular formula is C22H32N4O2. The molecule has 1 amide bonds. The Kier molecular flexibility index (Phi) is 10.0. The Hall–Kier alpha value is -2.47. The van der Waals surface area contributed by atoms with E-state index in [9.17, 15) is 4.79 Å². The highest BCUT2D eigenvalue weighted by Gasteiger charge is 2.03. The molecule has 1 aromatic rings. The zero-order valence-electron chi connectivity index (χ0n) is 17.1. The highest BCUT2D eigenvalue weighted by atomic mass is 16.5. The number of aryl methyl sites for hydroxylation is 1. The molecule has 1 aromatic carbocycles. The summed E-state index contributed by atoms with van der Waals surface area (Å²) in [6.45, 7) is 7.53. The first-order chi connectivity index (χ1) is 13.7. The summed E-state index contributed by atoms with van der Waals surface area (Å²) in [6.07, 6.45) is 9.57. The highest BCUT2D eigenvalue weighted by Crippen LogP contribution is 2.15. The zero-order chi connectivity index (χ0) is 20.0. The van der Waals surface area contributed by atoms with Gasteiger partial charge >= 0.3 is 0 Å². The van der Waals surface area contributed by atoms with Crippen molar-refractivity contribution in [2.75, 3.05) is 32.8 Å². The number of nitrogens with zero attached hydrogens (tertiary/aromatic N) is 3. The van der Waals surface area contributed by atoms with E-state index in [1.54, 1.807) is 0 Å². The van der Waals surface area contributed by atoms with Gasteiger partial charge in [-0.15, -0.1) is 5.11 Å². The van der Waals surface area contributed by atoms with Gasteiger partial charge in [0.25, 0.3) is 0 Å². The fourth-order valence-corrected chi connectivity index (χ4v) is 2.80. The Morgan fingerprint density at radius 3 is 2.68 bits per heavy atom. The molecule has 1 aliphatic carbocycles. The Bertz CT molecular complexity index is 676. The summed E-state index contributed by atoms with van der Waals surface area (Å²) in [6, 6.07) is 8.03. The molecule has 152 valence electrons. The molecule has 0 aliphatic heterocycles. The van der Waals surface area contributed by atoms with Gasteiger partial charge in [-0.25, -0.2) is 0 Å². The monoisotopic (exact) mass is 384 g/mol. The Morgan fingerprint density at radius 1 is 1.21 bits per heavy atom. The number of hydrogen-bond donors (Lipinski definition) is 1. The van der Waals surface area contributed by atoms with E-state index < -0.39 is 0 Å². The minimum Gasteiger partial charge on any atom is -0.375 e. The number of carbonyl (C=O) groups excluding carboxylic acids is 1. The van der Waals surface area contributed by atoms with Crippen LogP contribution in [0.4, 0.5) is 5.69 Å². The fourth-order valence-electron chi connectivity index (χ4n) is 2.80. The van der Waals surface area contributed by atoms with Gasteiger partial charge in [-0.2, -0.15) is 0 Å². The summed E-state index contributed by atoms with van der Waals surface area (Å²) >= 11 is 0. The second kappa shape index (κ2) is 12.8. The van der Waals surface area contributed by atoms with Gasteiger partial charge in [0.05, 0.1) is 18.9 Å². The van der Waals surface area contributed by atoms with Gasteiger partial charge in [-0.05, 0) is 56.4 Å². The number of nitrogens with one attached hydrogen (secondary N) is 1. The summed E-state index contributed by atoms with van der Waals surface area (Å²) in [5.74, 6) is 0.0771. The molecule has 0 saturated heterocycles. The van der Waals surface area contributed by atoms with Crippen molar-refractivity contribution < 1.29 is 9.53 Å². The Balaban J connectivity index is 1.56. The van der Waals surface area contributed by atoms with Gasteiger partial charge in [0.2, 0.25) is 5.91 Å². The van der Waals surface area contributed by atoms with E-state index in [-0.39, 0.29) is 5.91 Å². The van der Waals surface area contributed by atoms with E-state index in [0.29, 0.717) is 26.2 Å². The van der Waals surface area contributed by atoms with Gasteiger partial charge < -0.3 is 10.1 Å². The van der Waals surface area contributed by atoms with E-state index >= 15 is 0 Å². The van der Waals surface area contributed by atoms with E-state index in [4.69, 9.17) is 4.74 Å². The Labute approximate surface area is 168 Å². The standard InChI is InChI=1S/C22H32N4O2/c1-3-26(4-2)25-24-21-14-12-19(13-15-21)10-7-11-22(27)23-16-17-28-18-20-8-5-6-9-20/h5,8-9,12-15H,3-4,6-7,10-11,16-18H2,1-2H3,(H,23,27). The summed E-state index contributed by atoms with van der Waals surface area (Å²) in [5, 5.41) is 13.3. The lowest BCUT2D eigenvalue weighted by Gasteiger charge is -2.11.